The highest BCUT2D eigenvalue weighted by Gasteiger charge is 2.20. The molecule has 0 aliphatic rings. The number of halogens is 1. The van der Waals surface area contributed by atoms with Crippen LogP contribution < -0.4 is 4.72 Å². The highest BCUT2D eigenvalue weighted by Crippen LogP contribution is 2.20. The van der Waals surface area contributed by atoms with Gasteiger partial charge in [-0.1, -0.05) is 37.6 Å². The van der Waals surface area contributed by atoms with E-state index >= 15 is 0 Å². The second-order valence-corrected chi connectivity index (χ2v) is 5.65. The van der Waals surface area contributed by atoms with Gasteiger partial charge in [-0.15, -0.1) is 0 Å². The molecule has 0 aliphatic heterocycles. The summed E-state index contributed by atoms with van der Waals surface area (Å²) in [6.45, 7) is 3.90. The SMILES string of the molecule is CCC(CC)NS(=O)(=O)c1ccccc1Cl. The molecule has 0 radical (unpaired) electrons. The molecule has 1 N–H and O–H groups in total. The predicted molar refractivity (Wildman–Crippen MR) is 66.1 cm³/mol. The molecule has 3 nitrogen and oxygen atoms in total. The molecule has 0 saturated heterocycles. The first-order chi connectivity index (χ1) is 7.51. The van der Waals surface area contributed by atoms with Gasteiger partial charge in [0.1, 0.15) is 4.90 Å². The van der Waals surface area contributed by atoms with Crippen molar-refractivity contribution in [2.75, 3.05) is 0 Å². The molecule has 1 rings (SSSR count). The number of hydrogen-bond donors (Lipinski definition) is 1. The summed E-state index contributed by atoms with van der Waals surface area (Å²) in [6.07, 6.45) is 1.53. The van der Waals surface area contributed by atoms with Gasteiger partial charge in [-0.05, 0) is 25.0 Å². The summed E-state index contributed by atoms with van der Waals surface area (Å²) in [4.78, 5) is 0.142. The Balaban J connectivity index is 2.99. The van der Waals surface area contributed by atoms with E-state index in [4.69, 9.17) is 11.6 Å². The van der Waals surface area contributed by atoms with E-state index < -0.39 is 10.0 Å². The van der Waals surface area contributed by atoms with Gasteiger partial charge < -0.3 is 0 Å². The number of sulfonamides is 1. The third-order valence-electron chi connectivity index (χ3n) is 2.43. The Morgan fingerprint density at radius 2 is 1.81 bits per heavy atom. The summed E-state index contributed by atoms with van der Waals surface area (Å²) in [7, 11) is -3.50. The normalized spacial score (nSPS) is 12.0. The number of hydrogen-bond acceptors (Lipinski definition) is 2. The lowest BCUT2D eigenvalue weighted by molar-refractivity contribution is 0.530. The van der Waals surface area contributed by atoms with Crippen LogP contribution in [0.4, 0.5) is 0 Å². The minimum atomic E-state index is -3.50. The van der Waals surface area contributed by atoms with Crippen LogP contribution in [0.3, 0.4) is 0 Å². The molecule has 0 saturated carbocycles. The maximum absolute atomic E-state index is 12.0. The zero-order valence-electron chi connectivity index (χ0n) is 9.40. The van der Waals surface area contributed by atoms with Crippen LogP contribution in [0.2, 0.25) is 5.02 Å². The minimum absolute atomic E-state index is 0.0405. The quantitative estimate of drug-likeness (QED) is 0.886. The first-order valence-corrected chi connectivity index (χ1v) is 7.14. The van der Waals surface area contributed by atoms with E-state index in [0.29, 0.717) is 0 Å². The molecule has 5 heteroatoms. The van der Waals surface area contributed by atoms with Crippen molar-refractivity contribution in [2.45, 2.75) is 37.6 Å². The van der Waals surface area contributed by atoms with E-state index in [1.807, 2.05) is 13.8 Å². The topological polar surface area (TPSA) is 46.2 Å². The summed E-state index contributed by atoms with van der Waals surface area (Å²) in [5, 5.41) is 0.251. The summed E-state index contributed by atoms with van der Waals surface area (Å²) in [5.41, 5.74) is 0. The molecule has 90 valence electrons. The van der Waals surface area contributed by atoms with Crippen LogP contribution in [0.1, 0.15) is 26.7 Å². The molecule has 0 aromatic heterocycles. The Bertz CT molecular complexity index is 441. The molecule has 0 aliphatic carbocycles. The smallest absolute Gasteiger partial charge is 0.208 e. The molecular formula is C11H16ClNO2S. The van der Waals surface area contributed by atoms with Gasteiger partial charge in [0.15, 0.2) is 0 Å². The van der Waals surface area contributed by atoms with Crippen molar-refractivity contribution in [3.63, 3.8) is 0 Å². The summed E-state index contributed by atoms with van der Waals surface area (Å²) in [6, 6.07) is 6.41. The lowest BCUT2D eigenvalue weighted by Crippen LogP contribution is -2.33. The third kappa shape index (κ3) is 3.20. The van der Waals surface area contributed by atoms with Crippen molar-refractivity contribution < 1.29 is 8.42 Å². The van der Waals surface area contributed by atoms with Crippen molar-refractivity contribution in [1.82, 2.24) is 4.72 Å². The molecule has 1 aromatic carbocycles. The van der Waals surface area contributed by atoms with E-state index in [9.17, 15) is 8.42 Å². The fourth-order valence-electron chi connectivity index (χ4n) is 1.40. The monoisotopic (exact) mass is 261 g/mol. The second kappa shape index (κ2) is 5.66. The van der Waals surface area contributed by atoms with Gasteiger partial charge >= 0.3 is 0 Å². The van der Waals surface area contributed by atoms with Crippen LogP contribution in [0.15, 0.2) is 29.2 Å². The Kier molecular flexibility index (Phi) is 4.77. The standard InChI is InChI=1S/C11H16ClNO2S/c1-3-9(4-2)13-16(14,15)11-8-6-5-7-10(11)12/h5-9,13H,3-4H2,1-2H3. The van der Waals surface area contributed by atoms with Gasteiger partial charge in [0.2, 0.25) is 10.0 Å². The summed E-state index contributed by atoms with van der Waals surface area (Å²) >= 11 is 5.86. The largest absolute Gasteiger partial charge is 0.242 e. The van der Waals surface area contributed by atoms with Gasteiger partial charge in [-0.3, -0.25) is 0 Å². The highest BCUT2D eigenvalue weighted by molar-refractivity contribution is 7.89. The van der Waals surface area contributed by atoms with Crippen molar-refractivity contribution in [3.8, 4) is 0 Å². The second-order valence-electron chi connectivity index (χ2n) is 3.57. The van der Waals surface area contributed by atoms with Crippen molar-refractivity contribution >= 4 is 21.6 Å². The van der Waals surface area contributed by atoms with Crippen molar-refractivity contribution in [2.24, 2.45) is 0 Å². The van der Waals surface area contributed by atoms with Crippen LogP contribution in [0.25, 0.3) is 0 Å². The lowest BCUT2D eigenvalue weighted by atomic mass is 10.2. The van der Waals surface area contributed by atoms with Crippen molar-refractivity contribution in [3.05, 3.63) is 29.3 Å². The van der Waals surface area contributed by atoms with E-state index in [1.54, 1.807) is 18.2 Å². The zero-order valence-corrected chi connectivity index (χ0v) is 11.0. The Morgan fingerprint density at radius 1 is 1.25 bits per heavy atom. The number of benzene rings is 1. The molecule has 0 unspecified atom stereocenters. The maximum Gasteiger partial charge on any atom is 0.242 e. The lowest BCUT2D eigenvalue weighted by Gasteiger charge is -2.15. The Labute approximate surface area is 102 Å². The molecule has 0 heterocycles. The number of nitrogens with one attached hydrogen (secondary N) is 1. The van der Waals surface area contributed by atoms with Gasteiger partial charge in [-0.2, -0.15) is 0 Å². The summed E-state index contributed by atoms with van der Waals surface area (Å²) in [5.74, 6) is 0. The average molecular weight is 262 g/mol. The molecule has 1 aromatic rings. The molecular weight excluding hydrogens is 246 g/mol. The first kappa shape index (κ1) is 13.5. The van der Waals surface area contributed by atoms with Gasteiger partial charge in [0.25, 0.3) is 0 Å². The zero-order chi connectivity index (χ0) is 12.2. The van der Waals surface area contributed by atoms with Crippen molar-refractivity contribution in [1.29, 1.82) is 0 Å². The van der Waals surface area contributed by atoms with Gasteiger partial charge in [0.05, 0.1) is 5.02 Å². The molecule has 16 heavy (non-hydrogen) atoms. The van der Waals surface area contributed by atoms with Crippen LogP contribution >= 0.6 is 11.6 Å². The predicted octanol–water partition coefficient (Wildman–Crippen LogP) is 2.81. The van der Waals surface area contributed by atoms with E-state index in [0.717, 1.165) is 12.8 Å². The fourth-order valence-corrected chi connectivity index (χ4v) is 3.32. The summed E-state index contributed by atoms with van der Waals surface area (Å²) < 4.78 is 26.6. The Hall–Kier alpha value is -0.580. The van der Waals surface area contributed by atoms with Crippen LogP contribution in [-0.2, 0) is 10.0 Å². The van der Waals surface area contributed by atoms with E-state index in [1.165, 1.54) is 6.07 Å². The van der Waals surface area contributed by atoms with E-state index in [-0.39, 0.29) is 16.0 Å². The molecule has 0 bridgehead atoms. The maximum atomic E-state index is 12.0. The molecule has 0 spiro atoms. The first-order valence-electron chi connectivity index (χ1n) is 5.28. The molecule has 0 fully saturated rings. The number of rotatable bonds is 5. The van der Waals surface area contributed by atoms with Crippen LogP contribution in [0, 0.1) is 0 Å². The van der Waals surface area contributed by atoms with Crippen LogP contribution in [-0.4, -0.2) is 14.5 Å². The molecule has 0 atom stereocenters. The third-order valence-corrected chi connectivity index (χ3v) is 4.45. The van der Waals surface area contributed by atoms with Gasteiger partial charge in [-0.25, -0.2) is 13.1 Å². The van der Waals surface area contributed by atoms with Crippen LogP contribution in [0.5, 0.6) is 0 Å². The fraction of sp³-hybridized carbons (Fsp3) is 0.455. The van der Waals surface area contributed by atoms with Gasteiger partial charge in [0, 0.05) is 6.04 Å². The molecule has 0 amide bonds. The Morgan fingerprint density at radius 3 is 2.31 bits per heavy atom. The van der Waals surface area contributed by atoms with E-state index in [2.05, 4.69) is 4.72 Å². The average Bonchev–Trinajstić information content (AvgIpc) is 2.26. The highest BCUT2D eigenvalue weighted by atomic mass is 35.5. The minimum Gasteiger partial charge on any atom is -0.208 e.